The van der Waals surface area contributed by atoms with Gasteiger partial charge >= 0.3 is 0 Å². The van der Waals surface area contributed by atoms with E-state index in [-0.39, 0.29) is 29.7 Å². The van der Waals surface area contributed by atoms with Crippen LogP contribution in [0, 0.1) is 11.8 Å². The monoisotopic (exact) mass is 427 g/mol. The molecule has 8 heteroatoms. The minimum absolute atomic E-state index is 0.112. The molecule has 3 aliphatic rings. The number of benzene rings is 1. The third-order valence-corrected chi connectivity index (χ3v) is 6.84. The number of ketones is 2. The molecule has 0 aromatic heterocycles. The van der Waals surface area contributed by atoms with E-state index in [1.807, 2.05) is 0 Å². The van der Waals surface area contributed by atoms with E-state index in [9.17, 15) is 34.8 Å². The minimum Gasteiger partial charge on any atom is -0.508 e. The van der Waals surface area contributed by atoms with Crippen molar-refractivity contribution in [1.82, 2.24) is 0 Å². The number of carbonyl (C=O) groups is 3. The van der Waals surface area contributed by atoms with Gasteiger partial charge in [0.05, 0.1) is 5.56 Å². The SMILES string of the molecule is CCCCc1ccc(O)c2c1C[C@H]1C[C@H]3CC(=O)C(C(N)=O)=C(O)[C@@]3(O)C(=O)C1=C2O. The van der Waals surface area contributed by atoms with E-state index in [0.717, 1.165) is 30.4 Å². The van der Waals surface area contributed by atoms with Crippen molar-refractivity contribution in [3.63, 3.8) is 0 Å². The van der Waals surface area contributed by atoms with Crippen LogP contribution in [0.15, 0.2) is 29.0 Å². The van der Waals surface area contributed by atoms with Gasteiger partial charge in [-0.2, -0.15) is 0 Å². The van der Waals surface area contributed by atoms with Gasteiger partial charge in [0.25, 0.3) is 5.91 Å². The van der Waals surface area contributed by atoms with Gasteiger partial charge in [0.2, 0.25) is 5.78 Å². The lowest BCUT2D eigenvalue weighted by Crippen LogP contribution is -2.58. The van der Waals surface area contributed by atoms with Crippen LogP contribution in [0.3, 0.4) is 0 Å². The zero-order valence-electron chi connectivity index (χ0n) is 17.1. The zero-order valence-corrected chi connectivity index (χ0v) is 17.1. The van der Waals surface area contributed by atoms with Gasteiger partial charge in [0, 0.05) is 17.9 Å². The summed E-state index contributed by atoms with van der Waals surface area (Å²) in [4.78, 5) is 37.4. The molecule has 0 aliphatic heterocycles. The number of primary amides is 1. The number of carbonyl (C=O) groups excluding carboxylic acids is 3. The highest BCUT2D eigenvalue weighted by atomic mass is 16.3. The molecule has 1 fully saturated rings. The van der Waals surface area contributed by atoms with Crippen molar-refractivity contribution in [2.75, 3.05) is 0 Å². The predicted molar refractivity (Wildman–Crippen MR) is 110 cm³/mol. The van der Waals surface area contributed by atoms with Crippen LogP contribution in [0.25, 0.3) is 5.76 Å². The van der Waals surface area contributed by atoms with E-state index >= 15 is 0 Å². The van der Waals surface area contributed by atoms with E-state index < -0.39 is 52.0 Å². The van der Waals surface area contributed by atoms with Crippen LogP contribution in [0.4, 0.5) is 0 Å². The fraction of sp³-hybridized carbons (Fsp3) is 0.435. The number of hydrogen-bond donors (Lipinski definition) is 5. The quantitative estimate of drug-likeness (QED) is 0.458. The number of aryl methyl sites for hydroxylation is 1. The lowest BCUT2D eigenvalue weighted by molar-refractivity contribution is -0.147. The highest BCUT2D eigenvalue weighted by Gasteiger charge is 2.60. The van der Waals surface area contributed by atoms with Crippen molar-refractivity contribution < 1.29 is 34.8 Å². The fourth-order valence-electron chi connectivity index (χ4n) is 5.29. The number of aromatic hydroxyl groups is 1. The summed E-state index contributed by atoms with van der Waals surface area (Å²) in [7, 11) is 0. The maximum Gasteiger partial charge on any atom is 0.255 e. The lowest BCUT2D eigenvalue weighted by atomic mass is 9.59. The number of aliphatic hydroxyl groups excluding tert-OH is 2. The second-order valence-corrected chi connectivity index (χ2v) is 8.61. The molecule has 0 radical (unpaired) electrons. The molecule has 0 saturated heterocycles. The second kappa shape index (κ2) is 7.23. The summed E-state index contributed by atoms with van der Waals surface area (Å²) < 4.78 is 0. The molecule has 0 unspecified atom stereocenters. The topological polar surface area (TPSA) is 158 Å². The van der Waals surface area contributed by atoms with Crippen molar-refractivity contribution in [2.24, 2.45) is 17.6 Å². The smallest absolute Gasteiger partial charge is 0.255 e. The molecule has 4 rings (SSSR count). The molecule has 3 aliphatic carbocycles. The number of fused-ring (bicyclic) bond motifs is 3. The Bertz CT molecular complexity index is 1080. The number of hydrogen-bond acceptors (Lipinski definition) is 7. The average Bonchev–Trinajstić information content (AvgIpc) is 2.70. The van der Waals surface area contributed by atoms with Gasteiger partial charge in [0.1, 0.15) is 22.8 Å². The molecule has 31 heavy (non-hydrogen) atoms. The maximum absolute atomic E-state index is 13.4. The fourth-order valence-corrected chi connectivity index (χ4v) is 5.29. The van der Waals surface area contributed by atoms with Gasteiger partial charge in [-0.1, -0.05) is 19.4 Å². The summed E-state index contributed by atoms with van der Waals surface area (Å²) >= 11 is 0. The molecular weight excluding hydrogens is 402 g/mol. The Morgan fingerprint density at radius 3 is 2.55 bits per heavy atom. The molecule has 1 saturated carbocycles. The third kappa shape index (κ3) is 2.89. The van der Waals surface area contributed by atoms with Gasteiger partial charge in [-0.15, -0.1) is 0 Å². The van der Waals surface area contributed by atoms with Crippen LogP contribution in [0.2, 0.25) is 0 Å². The number of amides is 1. The van der Waals surface area contributed by atoms with Gasteiger partial charge in [0.15, 0.2) is 11.4 Å². The van der Waals surface area contributed by atoms with E-state index in [2.05, 4.69) is 6.92 Å². The Morgan fingerprint density at radius 1 is 1.19 bits per heavy atom. The number of nitrogens with two attached hydrogens (primary N) is 1. The van der Waals surface area contributed by atoms with Crippen molar-refractivity contribution in [3.8, 4) is 5.75 Å². The maximum atomic E-state index is 13.4. The molecule has 0 heterocycles. The van der Waals surface area contributed by atoms with Crippen molar-refractivity contribution in [1.29, 1.82) is 0 Å². The molecular formula is C23H25NO7. The number of unbranched alkanes of at least 4 members (excludes halogenated alkanes) is 1. The van der Waals surface area contributed by atoms with Crippen LogP contribution < -0.4 is 5.73 Å². The molecule has 8 nitrogen and oxygen atoms in total. The van der Waals surface area contributed by atoms with E-state index in [1.54, 1.807) is 6.07 Å². The Morgan fingerprint density at radius 2 is 1.90 bits per heavy atom. The number of phenols is 1. The van der Waals surface area contributed by atoms with Crippen LogP contribution in [0.5, 0.6) is 5.75 Å². The summed E-state index contributed by atoms with van der Waals surface area (Å²) in [6.45, 7) is 2.06. The molecule has 1 aromatic carbocycles. The number of phenolic OH excluding ortho intramolecular Hbond substituents is 1. The molecule has 6 N–H and O–H groups in total. The Labute approximate surface area is 178 Å². The normalized spacial score (nSPS) is 27.7. The van der Waals surface area contributed by atoms with Gasteiger partial charge in [-0.3, -0.25) is 14.4 Å². The Kier molecular flexibility index (Phi) is 4.93. The standard InChI is InChI=1S/C23H25NO7/c1-2-3-4-10-5-6-14(25)17-13(10)8-11-7-12-9-15(26)18(22(24)30)21(29)23(12,31)20(28)16(11)19(17)27/h5-6,11-12,25,27,29,31H,2-4,7-9H2,1H3,(H2,24,30)/t11-,12+,23+/m1/s1. The van der Waals surface area contributed by atoms with Gasteiger partial charge in [-0.05, 0) is 48.8 Å². The summed E-state index contributed by atoms with van der Waals surface area (Å²) in [5.74, 6) is -6.05. The van der Waals surface area contributed by atoms with Crippen LogP contribution in [0.1, 0.15) is 49.3 Å². The summed E-state index contributed by atoms with van der Waals surface area (Å²) in [6, 6.07) is 3.27. The van der Waals surface area contributed by atoms with E-state index in [0.29, 0.717) is 6.42 Å². The first-order valence-electron chi connectivity index (χ1n) is 10.4. The first-order valence-corrected chi connectivity index (χ1v) is 10.4. The predicted octanol–water partition coefficient (Wildman–Crippen LogP) is 1.77. The van der Waals surface area contributed by atoms with Gasteiger partial charge in [-0.25, -0.2) is 0 Å². The van der Waals surface area contributed by atoms with Crippen molar-refractivity contribution in [2.45, 2.75) is 51.0 Å². The summed E-state index contributed by atoms with van der Waals surface area (Å²) in [5, 5.41) is 43.1. The minimum atomic E-state index is -2.52. The molecule has 3 atom stereocenters. The first kappa shape index (κ1) is 21.1. The van der Waals surface area contributed by atoms with Crippen molar-refractivity contribution in [3.05, 3.63) is 45.7 Å². The summed E-state index contributed by atoms with van der Waals surface area (Å²) in [6.07, 6.45) is 2.82. The highest BCUT2D eigenvalue weighted by Crippen LogP contribution is 2.52. The second-order valence-electron chi connectivity index (χ2n) is 8.61. The van der Waals surface area contributed by atoms with Crippen LogP contribution in [-0.4, -0.2) is 43.5 Å². The Balaban J connectivity index is 1.89. The number of Topliss-reactive ketones (excluding diaryl/α,β-unsaturated/α-hetero) is 2. The lowest BCUT2D eigenvalue weighted by Gasteiger charge is -2.46. The summed E-state index contributed by atoms with van der Waals surface area (Å²) in [5.41, 5.74) is 3.62. The average molecular weight is 427 g/mol. The molecule has 0 spiro atoms. The number of aliphatic hydroxyl groups is 3. The zero-order chi connectivity index (χ0) is 22.7. The van der Waals surface area contributed by atoms with E-state index in [4.69, 9.17) is 5.73 Å². The molecule has 1 amide bonds. The van der Waals surface area contributed by atoms with Crippen molar-refractivity contribution >= 4 is 23.2 Å². The Hall–Kier alpha value is -3.13. The first-order chi connectivity index (χ1) is 14.6. The number of rotatable bonds is 4. The van der Waals surface area contributed by atoms with Gasteiger partial charge < -0.3 is 26.2 Å². The van der Waals surface area contributed by atoms with Crippen LogP contribution >= 0.6 is 0 Å². The largest absolute Gasteiger partial charge is 0.508 e. The van der Waals surface area contributed by atoms with Crippen LogP contribution in [-0.2, 0) is 27.2 Å². The molecule has 1 aromatic rings. The molecule has 164 valence electrons. The molecule has 0 bridgehead atoms. The highest BCUT2D eigenvalue weighted by molar-refractivity contribution is 6.22. The van der Waals surface area contributed by atoms with E-state index in [1.165, 1.54) is 6.07 Å². The third-order valence-electron chi connectivity index (χ3n) is 6.84.